The second kappa shape index (κ2) is 6.82. The summed E-state index contributed by atoms with van der Waals surface area (Å²) in [5, 5.41) is 20.9. The van der Waals surface area contributed by atoms with Crippen LogP contribution in [0.25, 0.3) is 0 Å². The lowest BCUT2D eigenvalue weighted by atomic mass is 10.1. The lowest BCUT2D eigenvalue weighted by molar-refractivity contribution is 0.0697. The topological polar surface area (TPSA) is 91.7 Å². The van der Waals surface area contributed by atoms with Crippen LogP contribution >= 0.6 is 0 Å². The first-order valence-corrected chi connectivity index (χ1v) is 5.22. The normalized spacial score (nSPS) is 12.1. The number of aliphatic hydroxyl groups is 1. The van der Waals surface area contributed by atoms with Gasteiger partial charge in [0.2, 0.25) is 0 Å². The average Bonchev–Trinajstić information content (AvgIpc) is 2.30. The van der Waals surface area contributed by atoms with Crippen LogP contribution in [0.4, 0.5) is 5.69 Å². The van der Waals surface area contributed by atoms with Crippen molar-refractivity contribution in [1.82, 2.24) is 4.98 Å². The molecule has 6 heteroatoms. The zero-order chi connectivity index (χ0) is 12.7. The van der Waals surface area contributed by atoms with Gasteiger partial charge in [-0.05, 0) is 12.5 Å². The van der Waals surface area contributed by atoms with Crippen molar-refractivity contribution in [3.8, 4) is 0 Å². The van der Waals surface area contributed by atoms with Crippen LogP contribution in [-0.2, 0) is 4.74 Å². The number of carboxylic acid groups (broad SMARTS) is 1. The predicted molar refractivity (Wildman–Crippen MR) is 62.2 cm³/mol. The molecule has 0 saturated heterocycles. The van der Waals surface area contributed by atoms with Crippen LogP contribution in [-0.4, -0.2) is 47.5 Å². The number of aliphatic hydroxyl groups excluding tert-OH is 1. The molecule has 6 nitrogen and oxygen atoms in total. The summed E-state index contributed by atoms with van der Waals surface area (Å²) in [5.41, 5.74) is 0.578. The van der Waals surface area contributed by atoms with E-state index in [0.29, 0.717) is 18.7 Å². The Hall–Kier alpha value is -1.66. The maximum Gasteiger partial charge on any atom is 0.337 e. The zero-order valence-corrected chi connectivity index (χ0v) is 9.59. The first-order valence-electron chi connectivity index (χ1n) is 5.22. The van der Waals surface area contributed by atoms with E-state index in [9.17, 15) is 4.79 Å². The summed E-state index contributed by atoms with van der Waals surface area (Å²) in [5.74, 6) is -1.02. The van der Waals surface area contributed by atoms with Crippen molar-refractivity contribution in [3.63, 3.8) is 0 Å². The molecule has 0 radical (unpaired) electrons. The molecule has 0 aliphatic carbocycles. The van der Waals surface area contributed by atoms with Crippen LogP contribution in [0.15, 0.2) is 18.5 Å². The van der Waals surface area contributed by atoms with Gasteiger partial charge in [-0.15, -0.1) is 0 Å². The summed E-state index contributed by atoms with van der Waals surface area (Å²) >= 11 is 0. The Bertz CT molecular complexity index is 364. The van der Waals surface area contributed by atoms with Gasteiger partial charge in [-0.3, -0.25) is 4.98 Å². The molecule has 3 N–H and O–H groups in total. The molecule has 0 saturated carbocycles. The van der Waals surface area contributed by atoms with Crippen molar-refractivity contribution < 1.29 is 19.7 Å². The van der Waals surface area contributed by atoms with E-state index in [0.717, 1.165) is 0 Å². The van der Waals surface area contributed by atoms with Crippen LogP contribution in [0.5, 0.6) is 0 Å². The Morgan fingerprint density at radius 1 is 1.65 bits per heavy atom. The molecular formula is C11H16N2O4. The van der Waals surface area contributed by atoms with Crippen molar-refractivity contribution in [2.75, 3.05) is 25.6 Å². The Balaban J connectivity index is 2.80. The summed E-state index contributed by atoms with van der Waals surface area (Å²) in [6.07, 6.45) is 3.34. The lowest BCUT2D eigenvalue weighted by Crippen LogP contribution is -2.27. The third-order valence-corrected chi connectivity index (χ3v) is 2.26. The zero-order valence-electron chi connectivity index (χ0n) is 9.59. The quantitative estimate of drug-likeness (QED) is 0.646. The highest BCUT2D eigenvalue weighted by Gasteiger charge is 2.14. The van der Waals surface area contributed by atoms with Gasteiger partial charge in [0.05, 0.1) is 30.1 Å². The number of anilines is 1. The van der Waals surface area contributed by atoms with Gasteiger partial charge in [0.1, 0.15) is 0 Å². The number of hydrogen-bond donors (Lipinski definition) is 3. The average molecular weight is 240 g/mol. The fourth-order valence-electron chi connectivity index (χ4n) is 1.47. The number of carbonyl (C=O) groups is 1. The molecular weight excluding hydrogens is 224 g/mol. The molecule has 1 heterocycles. The summed E-state index contributed by atoms with van der Waals surface area (Å²) in [4.78, 5) is 14.8. The van der Waals surface area contributed by atoms with Gasteiger partial charge in [-0.2, -0.15) is 0 Å². The Morgan fingerprint density at radius 2 is 2.41 bits per heavy atom. The molecule has 0 aliphatic heterocycles. The number of aromatic carboxylic acids is 1. The molecule has 0 spiro atoms. The number of hydrogen-bond acceptors (Lipinski definition) is 5. The highest BCUT2D eigenvalue weighted by molar-refractivity contribution is 5.93. The molecule has 0 fully saturated rings. The fraction of sp³-hybridized carbons (Fsp3) is 0.455. The van der Waals surface area contributed by atoms with Crippen molar-refractivity contribution in [3.05, 3.63) is 24.0 Å². The lowest BCUT2D eigenvalue weighted by Gasteiger charge is -2.18. The van der Waals surface area contributed by atoms with Crippen LogP contribution in [0.3, 0.4) is 0 Å². The number of rotatable bonds is 7. The van der Waals surface area contributed by atoms with Crippen LogP contribution in [0.1, 0.15) is 16.8 Å². The monoisotopic (exact) mass is 240 g/mol. The minimum Gasteiger partial charge on any atom is -0.478 e. The maximum absolute atomic E-state index is 11.0. The third kappa shape index (κ3) is 4.01. The highest BCUT2D eigenvalue weighted by Crippen LogP contribution is 2.15. The van der Waals surface area contributed by atoms with E-state index in [4.69, 9.17) is 14.9 Å². The summed E-state index contributed by atoms with van der Waals surface area (Å²) in [6.45, 7) is 0.387. The van der Waals surface area contributed by atoms with Crippen molar-refractivity contribution in [1.29, 1.82) is 0 Å². The molecule has 1 aromatic rings. The van der Waals surface area contributed by atoms with E-state index in [1.807, 2.05) is 0 Å². The van der Waals surface area contributed by atoms with E-state index in [2.05, 4.69) is 10.3 Å². The number of pyridine rings is 1. The highest BCUT2D eigenvalue weighted by atomic mass is 16.5. The Labute approximate surface area is 99.3 Å². The predicted octanol–water partition coefficient (Wildman–Crippen LogP) is 0.589. The maximum atomic E-state index is 11.0. The van der Waals surface area contributed by atoms with Crippen LogP contribution in [0.2, 0.25) is 0 Å². The summed E-state index contributed by atoms with van der Waals surface area (Å²) in [6, 6.07) is 1.28. The smallest absolute Gasteiger partial charge is 0.337 e. The van der Waals surface area contributed by atoms with Gasteiger partial charge >= 0.3 is 5.97 Å². The van der Waals surface area contributed by atoms with E-state index in [1.165, 1.54) is 18.5 Å². The van der Waals surface area contributed by atoms with E-state index >= 15 is 0 Å². The second-order valence-electron chi connectivity index (χ2n) is 3.54. The summed E-state index contributed by atoms with van der Waals surface area (Å²) in [7, 11) is 1.55. The molecule has 0 aromatic carbocycles. The van der Waals surface area contributed by atoms with Crippen LogP contribution < -0.4 is 5.32 Å². The molecule has 1 aromatic heterocycles. The first-order chi connectivity index (χ1) is 8.19. The van der Waals surface area contributed by atoms with Gasteiger partial charge in [-0.25, -0.2) is 4.79 Å². The molecule has 0 bridgehead atoms. The molecule has 0 amide bonds. The van der Waals surface area contributed by atoms with Gasteiger partial charge in [0.15, 0.2) is 0 Å². The largest absolute Gasteiger partial charge is 0.478 e. The number of nitrogens with zero attached hydrogens (tertiary/aromatic N) is 1. The molecule has 1 atom stereocenters. The number of aromatic nitrogens is 1. The second-order valence-corrected chi connectivity index (χ2v) is 3.54. The van der Waals surface area contributed by atoms with Crippen molar-refractivity contribution in [2.24, 2.45) is 0 Å². The number of nitrogens with one attached hydrogen (secondary N) is 1. The van der Waals surface area contributed by atoms with Gasteiger partial charge in [0, 0.05) is 19.9 Å². The molecule has 1 unspecified atom stereocenters. The Kier molecular flexibility index (Phi) is 5.38. The van der Waals surface area contributed by atoms with Gasteiger partial charge in [0.25, 0.3) is 0 Å². The SMILES string of the molecule is COCC(CCO)Nc1cnccc1C(=O)O. The molecule has 0 aliphatic rings. The Morgan fingerprint density at radius 3 is 3.00 bits per heavy atom. The van der Waals surface area contributed by atoms with Crippen LogP contribution in [0, 0.1) is 0 Å². The van der Waals surface area contributed by atoms with Gasteiger partial charge in [-0.1, -0.05) is 0 Å². The number of carboxylic acids is 1. The van der Waals surface area contributed by atoms with Gasteiger partial charge < -0.3 is 20.3 Å². The van der Waals surface area contributed by atoms with E-state index < -0.39 is 5.97 Å². The van der Waals surface area contributed by atoms with Crippen molar-refractivity contribution in [2.45, 2.75) is 12.5 Å². The number of methoxy groups -OCH3 is 1. The minimum absolute atomic E-state index is 0.00366. The third-order valence-electron chi connectivity index (χ3n) is 2.26. The van der Waals surface area contributed by atoms with E-state index in [1.54, 1.807) is 7.11 Å². The minimum atomic E-state index is -1.02. The summed E-state index contributed by atoms with van der Waals surface area (Å²) < 4.78 is 4.99. The molecule has 94 valence electrons. The fourth-order valence-corrected chi connectivity index (χ4v) is 1.47. The van der Waals surface area contributed by atoms with E-state index in [-0.39, 0.29) is 18.2 Å². The molecule has 1 rings (SSSR count). The first kappa shape index (κ1) is 13.4. The number of ether oxygens (including phenoxy) is 1. The molecule has 17 heavy (non-hydrogen) atoms. The van der Waals surface area contributed by atoms with Crippen molar-refractivity contribution >= 4 is 11.7 Å². The standard InChI is InChI=1S/C11H16N2O4/c1-17-7-8(3-5-14)13-10-6-12-4-2-9(10)11(15)16/h2,4,6,8,13-14H,3,5,7H2,1H3,(H,15,16).